The zero-order chi connectivity index (χ0) is 10.9. The molecule has 1 saturated heterocycles. The Balaban J connectivity index is 1.94. The van der Waals surface area contributed by atoms with Gasteiger partial charge < -0.3 is 5.32 Å². The minimum atomic E-state index is 0.552. The average molecular weight is 210 g/mol. The van der Waals surface area contributed by atoms with Crippen LogP contribution in [0, 0.1) is 0 Å². The van der Waals surface area contributed by atoms with Gasteiger partial charge in [0, 0.05) is 30.7 Å². The van der Waals surface area contributed by atoms with E-state index in [9.17, 15) is 0 Å². The van der Waals surface area contributed by atoms with Crippen molar-refractivity contribution in [3.05, 3.63) is 0 Å². The molecule has 0 amide bonds. The fraction of sp³-hybridized carbons (Fsp3) is 1.00. The standard InChI is InChI=1S/C13H26N2/c1-11-5-9-15(10-6-12(2)14-11)13(3)7-4-8-13/h11-12,14H,4-10H2,1-3H3. The summed E-state index contributed by atoms with van der Waals surface area (Å²) in [6, 6.07) is 1.37. The molecule has 1 aliphatic carbocycles. The molecule has 1 heterocycles. The van der Waals surface area contributed by atoms with Crippen molar-refractivity contribution in [1.82, 2.24) is 10.2 Å². The highest BCUT2D eigenvalue weighted by Gasteiger charge is 2.37. The molecule has 2 unspecified atom stereocenters. The van der Waals surface area contributed by atoms with E-state index in [2.05, 4.69) is 31.0 Å². The Morgan fingerprint density at radius 1 is 1.07 bits per heavy atom. The molecule has 0 aromatic rings. The molecule has 1 aliphatic heterocycles. The largest absolute Gasteiger partial charge is 0.312 e. The lowest BCUT2D eigenvalue weighted by Gasteiger charge is -2.49. The van der Waals surface area contributed by atoms with Crippen molar-refractivity contribution >= 4 is 0 Å². The average Bonchev–Trinajstić information content (AvgIpc) is 2.11. The molecule has 0 aromatic carbocycles. The van der Waals surface area contributed by atoms with E-state index in [0.717, 1.165) is 0 Å². The molecule has 0 spiro atoms. The summed E-state index contributed by atoms with van der Waals surface area (Å²) < 4.78 is 0. The minimum absolute atomic E-state index is 0.552. The first-order valence-corrected chi connectivity index (χ1v) is 6.61. The van der Waals surface area contributed by atoms with Crippen LogP contribution < -0.4 is 5.32 Å². The summed E-state index contributed by atoms with van der Waals surface area (Å²) in [4.78, 5) is 2.75. The van der Waals surface area contributed by atoms with Crippen molar-refractivity contribution in [2.75, 3.05) is 13.1 Å². The van der Waals surface area contributed by atoms with Gasteiger partial charge in [0.1, 0.15) is 0 Å². The highest BCUT2D eigenvalue weighted by Crippen LogP contribution is 2.37. The summed E-state index contributed by atoms with van der Waals surface area (Å²) in [7, 11) is 0. The number of hydrogen-bond acceptors (Lipinski definition) is 2. The molecule has 15 heavy (non-hydrogen) atoms. The lowest BCUT2D eigenvalue weighted by atomic mass is 9.76. The van der Waals surface area contributed by atoms with E-state index >= 15 is 0 Å². The van der Waals surface area contributed by atoms with Crippen LogP contribution in [0.15, 0.2) is 0 Å². The number of hydrogen-bond donors (Lipinski definition) is 1. The third kappa shape index (κ3) is 2.54. The van der Waals surface area contributed by atoms with E-state index in [1.807, 2.05) is 0 Å². The van der Waals surface area contributed by atoms with Crippen LogP contribution >= 0.6 is 0 Å². The SMILES string of the molecule is CC1CCN(C2(C)CCC2)CCC(C)N1. The lowest BCUT2D eigenvalue weighted by Crippen LogP contribution is -2.55. The Morgan fingerprint density at radius 3 is 2.00 bits per heavy atom. The van der Waals surface area contributed by atoms with E-state index < -0.39 is 0 Å². The van der Waals surface area contributed by atoms with Crippen molar-refractivity contribution < 1.29 is 0 Å². The van der Waals surface area contributed by atoms with Gasteiger partial charge in [-0.15, -0.1) is 0 Å². The van der Waals surface area contributed by atoms with Gasteiger partial charge in [0.15, 0.2) is 0 Å². The normalized spacial score (nSPS) is 37.8. The predicted molar refractivity (Wildman–Crippen MR) is 65.1 cm³/mol. The fourth-order valence-electron chi connectivity index (χ4n) is 3.01. The van der Waals surface area contributed by atoms with Gasteiger partial charge in [-0.2, -0.15) is 0 Å². The van der Waals surface area contributed by atoms with Crippen LogP contribution in [0.1, 0.15) is 52.9 Å². The van der Waals surface area contributed by atoms with Crippen molar-refractivity contribution in [2.45, 2.75) is 70.5 Å². The number of nitrogens with zero attached hydrogens (tertiary/aromatic N) is 1. The van der Waals surface area contributed by atoms with Crippen LogP contribution in [-0.2, 0) is 0 Å². The monoisotopic (exact) mass is 210 g/mol. The summed E-state index contributed by atoms with van der Waals surface area (Å²) >= 11 is 0. The highest BCUT2D eigenvalue weighted by atomic mass is 15.2. The van der Waals surface area contributed by atoms with Gasteiger partial charge in [-0.25, -0.2) is 0 Å². The zero-order valence-corrected chi connectivity index (χ0v) is 10.6. The first-order valence-electron chi connectivity index (χ1n) is 6.61. The highest BCUT2D eigenvalue weighted by molar-refractivity contribution is 4.95. The van der Waals surface area contributed by atoms with Crippen molar-refractivity contribution in [3.63, 3.8) is 0 Å². The van der Waals surface area contributed by atoms with E-state index in [0.29, 0.717) is 17.6 Å². The van der Waals surface area contributed by atoms with Gasteiger partial charge >= 0.3 is 0 Å². The van der Waals surface area contributed by atoms with Crippen LogP contribution in [-0.4, -0.2) is 35.6 Å². The molecule has 2 fully saturated rings. The second kappa shape index (κ2) is 4.42. The van der Waals surface area contributed by atoms with E-state index in [1.54, 1.807) is 0 Å². The van der Waals surface area contributed by atoms with Crippen molar-refractivity contribution in [1.29, 1.82) is 0 Å². The van der Waals surface area contributed by atoms with Gasteiger partial charge in [-0.05, 0) is 52.9 Å². The second-order valence-corrected chi connectivity index (χ2v) is 5.88. The third-order valence-corrected chi connectivity index (χ3v) is 4.43. The summed E-state index contributed by atoms with van der Waals surface area (Å²) in [5.74, 6) is 0. The van der Waals surface area contributed by atoms with Crippen LogP contribution in [0.25, 0.3) is 0 Å². The van der Waals surface area contributed by atoms with Gasteiger partial charge in [0.05, 0.1) is 0 Å². The maximum atomic E-state index is 3.66. The van der Waals surface area contributed by atoms with Crippen LogP contribution in [0.3, 0.4) is 0 Å². The van der Waals surface area contributed by atoms with E-state index in [4.69, 9.17) is 0 Å². The van der Waals surface area contributed by atoms with Crippen LogP contribution in [0.4, 0.5) is 0 Å². The molecule has 0 aromatic heterocycles. The molecule has 1 saturated carbocycles. The molecular formula is C13H26N2. The molecule has 2 atom stereocenters. The molecule has 1 N–H and O–H groups in total. The summed E-state index contributed by atoms with van der Waals surface area (Å²) in [5, 5.41) is 3.66. The van der Waals surface area contributed by atoms with Gasteiger partial charge in [-0.3, -0.25) is 4.90 Å². The number of rotatable bonds is 1. The number of nitrogens with one attached hydrogen (secondary N) is 1. The van der Waals surface area contributed by atoms with E-state index in [1.165, 1.54) is 45.2 Å². The Hall–Kier alpha value is -0.0800. The van der Waals surface area contributed by atoms with E-state index in [-0.39, 0.29) is 0 Å². The summed E-state index contributed by atoms with van der Waals surface area (Å²) in [5.41, 5.74) is 0.552. The molecule has 88 valence electrons. The van der Waals surface area contributed by atoms with Gasteiger partial charge in [-0.1, -0.05) is 0 Å². The first-order chi connectivity index (χ1) is 7.10. The Morgan fingerprint density at radius 2 is 1.60 bits per heavy atom. The lowest BCUT2D eigenvalue weighted by molar-refractivity contribution is 0.0212. The minimum Gasteiger partial charge on any atom is -0.312 e. The van der Waals surface area contributed by atoms with Crippen molar-refractivity contribution in [2.24, 2.45) is 0 Å². The molecule has 2 nitrogen and oxygen atoms in total. The molecule has 0 bridgehead atoms. The topological polar surface area (TPSA) is 15.3 Å². The Labute approximate surface area is 94.4 Å². The molecule has 0 radical (unpaired) electrons. The van der Waals surface area contributed by atoms with Crippen LogP contribution in [0.5, 0.6) is 0 Å². The summed E-state index contributed by atoms with van der Waals surface area (Å²) in [6.45, 7) is 9.68. The third-order valence-electron chi connectivity index (χ3n) is 4.43. The first kappa shape index (κ1) is 11.4. The maximum absolute atomic E-state index is 3.66. The molecule has 2 heteroatoms. The zero-order valence-electron chi connectivity index (χ0n) is 10.6. The smallest absolute Gasteiger partial charge is 0.0181 e. The predicted octanol–water partition coefficient (Wildman–Crippen LogP) is 2.39. The maximum Gasteiger partial charge on any atom is 0.0181 e. The molecular weight excluding hydrogens is 184 g/mol. The molecule has 2 rings (SSSR count). The quantitative estimate of drug-likeness (QED) is 0.715. The fourth-order valence-corrected chi connectivity index (χ4v) is 3.01. The Kier molecular flexibility index (Phi) is 3.36. The van der Waals surface area contributed by atoms with Crippen LogP contribution in [0.2, 0.25) is 0 Å². The Bertz CT molecular complexity index is 199. The van der Waals surface area contributed by atoms with Gasteiger partial charge in [0.2, 0.25) is 0 Å². The molecule has 2 aliphatic rings. The second-order valence-electron chi connectivity index (χ2n) is 5.88. The summed E-state index contributed by atoms with van der Waals surface area (Å²) in [6.07, 6.45) is 6.89. The van der Waals surface area contributed by atoms with Crippen molar-refractivity contribution in [3.8, 4) is 0 Å². The van der Waals surface area contributed by atoms with Gasteiger partial charge in [0.25, 0.3) is 0 Å².